The molecule has 0 aromatic rings. The van der Waals surface area contributed by atoms with Gasteiger partial charge in [0.1, 0.15) is 0 Å². The molecule has 2 unspecified atom stereocenters. The van der Waals surface area contributed by atoms with Crippen LogP contribution in [0.3, 0.4) is 0 Å². The molecule has 1 aliphatic heterocycles. The lowest BCUT2D eigenvalue weighted by atomic mass is 10.1. The van der Waals surface area contributed by atoms with Crippen molar-refractivity contribution in [2.24, 2.45) is 5.92 Å². The summed E-state index contributed by atoms with van der Waals surface area (Å²) in [6.45, 7) is 14.4. The summed E-state index contributed by atoms with van der Waals surface area (Å²) in [5, 5.41) is 3.54. The highest BCUT2D eigenvalue weighted by molar-refractivity contribution is 4.75. The van der Waals surface area contributed by atoms with E-state index in [1.54, 1.807) is 0 Å². The summed E-state index contributed by atoms with van der Waals surface area (Å²) in [4.78, 5) is 2.53. The number of hydrogen-bond donors (Lipinski definition) is 1. The standard InChI is InChI=1S/C14H30N2O/c1-12(2)6-5-7-15-8-9-16-10-14(4)17-11-13(16)3/h12-15H,5-11H2,1-4H3. The van der Waals surface area contributed by atoms with Gasteiger partial charge in [0, 0.05) is 25.7 Å². The molecule has 0 bridgehead atoms. The third kappa shape index (κ3) is 6.39. The van der Waals surface area contributed by atoms with Gasteiger partial charge in [-0.15, -0.1) is 0 Å². The number of rotatable bonds is 7. The van der Waals surface area contributed by atoms with Crippen molar-refractivity contribution in [3.8, 4) is 0 Å². The average Bonchev–Trinajstić information content (AvgIpc) is 2.27. The van der Waals surface area contributed by atoms with Crippen molar-refractivity contribution < 1.29 is 4.74 Å². The molecule has 3 nitrogen and oxygen atoms in total. The van der Waals surface area contributed by atoms with Gasteiger partial charge in [0.05, 0.1) is 12.7 Å². The maximum Gasteiger partial charge on any atom is 0.0674 e. The van der Waals surface area contributed by atoms with E-state index < -0.39 is 0 Å². The molecule has 1 rings (SSSR count). The van der Waals surface area contributed by atoms with Crippen LogP contribution in [0.25, 0.3) is 0 Å². The molecule has 2 atom stereocenters. The van der Waals surface area contributed by atoms with Crippen LogP contribution in [0, 0.1) is 5.92 Å². The second kappa shape index (κ2) is 8.06. The SMILES string of the molecule is CC(C)CCCNCCN1CC(C)OCC1C. The van der Waals surface area contributed by atoms with Crippen molar-refractivity contribution in [3.05, 3.63) is 0 Å². The van der Waals surface area contributed by atoms with Gasteiger partial charge in [-0.3, -0.25) is 4.90 Å². The van der Waals surface area contributed by atoms with Gasteiger partial charge in [-0.1, -0.05) is 13.8 Å². The maximum atomic E-state index is 5.63. The number of morpholine rings is 1. The lowest BCUT2D eigenvalue weighted by molar-refractivity contribution is -0.0486. The zero-order chi connectivity index (χ0) is 12.7. The van der Waals surface area contributed by atoms with Gasteiger partial charge < -0.3 is 10.1 Å². The summed E-state index contributed by atoms with van der Waals surface area (Å²) >= 11 is 0. The van der Waals surface area contributed by atoms with E-state index in [0.29, 0.717) is 12.1 Å². The van der Waals surface area contributed by atoms with Gasteiger partial charge in [-0.25, -0.2) is 0 Å². The molecule has 1 N–H and O–H groups in total. The first-order valence-electron chi connectivity index (χ1n) is 7.16. The minimum Gasteiger partial charge on any atom is -0.376 e. The highest BCUT2D eigenvalue weighted by atomic mass is 16.5. The summed E-state index contributed by atoms with van der Waals surface area (Å²) in [5.41, 5.74) is 0. The Kier molecular flexibility index (Phi) is 7.09. The normalized spacial score (nSPS) is 26.6. The summed E-state index contributed by atoms with van der Waals surface area (Å²) in [5.74, 6) is 0.830. The predicted molar refractivity (Wildman–Crippen MR) is 73.4 cm³/mol. The third-order valence-electron chi connectivity index (χ3n) is 3.45. The molecule has 1 heterocycles. The number of hydrogen-bond acceptors (Lipinski definition) is 3. The van der Waals surface area contributed by atoms with Crippen molar-refractivity contribution in [1.29, 1.82) is 0 Å². The smallest absolute Gasteiger partial charge is 0.0674 e. The Balaban J connectivity index is 2.01. The van der Waals surface area contributed by atoms with Crippen molar-refractivity contribution in [1.82, 2.24) is 10.2 Å². The van der Waals surface area contributed by atoms with Crippen LogP contribution < -0.4 is 5.32 Å². The van der Waals surface area contributed by atoms with Gasteiger partial charge in [-0.2, -0.15) is 0 Å². The molecule has 0 radical (unpaired) electrons. The fourth-order valence-corrected chi connectivity index (χ4v) is 2.27. The number of nitrogens with zero attached hydrogens (tertiary/aromatic N) is 1. The van der Waals surface area contributed by atoms with Crippen molar-refractivity contribution >= 4 is 0 Å². The van der Waals surface area contributed by atoms with E-state index in [1.807, 2.05) is 0 Å². The number of nitrogens with one attached hydrogen (secondary N) is 1. The molecule has 0 spiro atoms. The summed E-state index contributed by atoms with van der Waals surface area (Å²) < 4.78 is 5.63. The van der Waals surface area contributed by atoms with Crippen LogP contribution in [-0.2, 0) is 4.74 Å². The van der Waals surface area contributed by atoms with Gasteiger partial charge in [0.15, 0.2) is 0 Å². The summed E-state index contributed by atoms with van der Waals surface area (Å²) in [7, 11) is 0. The Hall–Kier alpha value is -0.120. The van der Waals surface area contributed by atoms with Crippen LogP contribution in [0.2, 0.25) is 0 Å². The average molecular weight is 242 g/mol. The fourth-order valence-electron chi connectivity index (χ4n) is 2.27. The molecule has 0 aromatic heterocycles. The van der Waals surface area contributed by atoms with Gasteiger partial charge in [0.2, 0.25) is 0 Å². The van der Waals surface area contributed by atoms with Crippen molar-refractivity contribution in [2.75, 3.05) is 32.8 Å². The number of ether oxygens (including phenoxy) is 1. The van der Waals surface area contributed by atoms with E-state index in [2.05, 4.69) is 37.9 Å². The largest absolute Gasteiger partial charge is 0.376 e. The molecular formula is C14H30N2O. The van der Waals surface area contributed by atoms with Crippen molar-refractivity contribution in [3.63, 3.8) is 0 Å². The van der Waals surface area contributed by atoms with Gasteiger partial charge in [0.25, 0.3) is 0 Å². The van der Waals surface area contributed by atoms with E-state index in [9.17, 15) is 0 Å². The van der Waals surface area contributed by atoms with Crippen molar-refractivity contribution in [2.45, 2.75) is 52.7 Å². The maximum absolute atomic E-state index is 5.63. The molecule has 1 aliphatic rings. The first-order chi connectivity index (χ1) is 8.09. The second-order valence-electron chi connectivity index (χ2n) is 5.77. The predicted octanol–water partition coefficient (Wildman–Crippen LogP) is 2.12. The molecule has 1 saturated heterocycles. The molecule has 102 valence electrons. The van der Waals surface area contributed by atoms with E-state index in [1.165, 1.54) is 12.8 Å². The van der Waals surface area contributed by atoms with Crippen LogP contribution in [0.5, 0.6) is 0 Å². The zero-order valence-electron chi connectivity index (χ0n) is 12.0. The lowest BCUT2D eigenvalue weighted by Gasteiger charge is -2.36. The minimum absolute atomic E-state index is 0.396. The Morgan fingerprint density at radius 2 is 2.06 bits per heavy atom. The minimum atomic E-state index is 0.396. The first-order valence-corrected chi connectivity index (χ1v) is 7.16. The van der Waals surface area contributed by atoms with E-state index in [4.69, 9.17) is 4.74 Å². The Labute approximate surface area is 107 Å². The molecule has 0 saturated carbocycles. The fraction of sp³-hybridized carbons (Fsp3) is 1.00. The molecule has 0 amide bonds. The quantitative estimate of drug-likeness (QED) is 0.692. The highest BCUT2D eigenvalue weighted by Gasteiger charge is 2.22. The van der Waals surface area contributed by atoms with Crippen LogP contribution in [0.15, 0.2) is 0 Å². The van der Waals surface area contributed by atoms with E-state index >= 15 is 0 Å². The summed E-state index contributed by atoms with van der Waals surface area (Å²) in [6.07, 6.45) is 3.03. The van der Waals surface area contributed by atoms with E-state index in [0.717, 1.165) is 38.7 Å². The Bertz CT molecular complexity index is 197. The topological polar surface area (TPSA) is 24.5 Å². The second-order valence-corrected chi connectivity index (χ2v) is 5.77. The molecule has 0 aromatic carbocycles. The molecule has 1 fully saturated rings. The molecule has 0 aliphatic carbocycles. The summed E-state index contributed by atoms with van der Waals surface area (Å²) in [6, 6.07) is 0.573. The molecule has 17 heavy (non-hydrogen) atoms. The lowest BCUT2D eigenvalue weighted by Crippen LogP contribution is -2.49. The monoisotopic (exact) mass is 242 g/mol. The third-order valence-corrected chi connectivity index (χ3v) is 3.45. The zero-order valence-corrected chi connectivity index (χ0v) is 12.0. The highest BCUT2D eigenvalue weighted by Crippen LogP contribution is 2.10. The van der Waals surface area contributed by atoms with E-state index in [-0.39, 0.29) is 0 Å². The Morgan fingerprint density at radius 1 is 1.29 bits per heavy atom. The van der Waals surface area contributed by atoms with Gasteiger partial charge >= 0.3 is 0 Å². The molecule has 3 heteroatoms. The van der Waals surface area contributed by atoms with Crippen LogP contribution in [-0.4, -0.2) is 49.8 Å². The van der Waals surface area contributed by atoms with Crippen LogP contribution >= 0.6 is 0 Å². The van der Waals surface area contributed by atoms with Crippen LogP contribution in [0.1, 0.15) is 40.5 Å². The Morgan fingerprint density at radius 3 is 2.76 bits per heavy atom. The molecular weight excluding hydrogens is 212 g/mol. The van der Waals surface area contributed by atoms with Gasteiger partial charge in [-0.05, 0) is 39.2 Å². The first kappa shape index (κ1) is 14.9. The van der Waals surface area contributed by atoms with Crippen LogP contribution in [0.4, 0.5) is 0 Å².